The van der Waals surface area contributed by atoms with Gasteiger partial charge in [0.15, 0.2) is 0 Å². The van der Waals surface area contributed by atoms with Crippen LogP contribution >= 0.6 is 0 Å². The Balaban J connectivity index is 2.62. The number of para-hydroxylation sites is 1. The predicted molar refractivity (Wildman–Crippen MR) is 89.3 cm³/mol. The van der Waals surface area contributed by atoms with Crippen LogP contribution in [0.2, 0.25) is 0 Å². The lowest BCUT2D eigenvalue weighted by Crippen LogP contribution is -2.52. The molecule has 0 aromatic heterocycles. The maximum absolute atomic E-state index is 12.2. The topological polar surface area (TPSA) is 93.8 Å². The monoisotopic (exact) mass is 324 g/mol. The number of amides is 1. The molecule has 23 heavy (non-hydrogen) atoms. The van der Waals surface area contributed by atoms with Crippen LogP contribution in [0, 0.1) is 0 Å². The minimum absolute atomic E-state index is 0.0902. The minimum atomic E-state index is -0.957. The molecule has 2 unspecified atom stereocenters. The van der Waals surface area contributed by atoms with E-state index in [-0.39, 0.29) is 12.5 Å². The molecule has 0 aliphatic rings. The number of hydrogen-bond donors (Lipinski definition) is 3. The molecule has 1 amide bonds. The Morgan fingerprint density at radius 1 is 1.35 bits per heavy atom. The van der Waals surface area contributed by atoms with Crippen molar-refractivity contribution in [3.05, 3.63) is 30.3 Å². The fourth-order valence-corrected chi connectivity index (χ4v) is 1.95. The molecule has 0 aliphatic heterocycles. The Labute approximate surface area is 138 Å². The summed E-state index contributed by atoms with van der Waals surface area (Å²) in [7, 11) is 1.48. The van der Waals surface area contributed by atoms with Crippen LogP contribution in [0.5, 0.6) is 5.75 Å². The zero-order valence-corrected chi connectivity index (χ0v) is 14.1. The molecule has 6 heteroatoms. The molecule has 0 saturated heterocycles. The maximum Gasteiger partial charge on any atom is 0.251 e. The van der Waals surface area contributed by atoms with E-state index in [9.17, 15) is 9.90 Å². The summed E-state index contributed by atoms with van der Waals surface area (Å²) in [6, 6.07) is 8.79. The van der Waals surface area contributed by atoms with E-state index in [1.54, 1.807) is 13.8 Å². The van der Waals surface area contributed by atoms with E-state index >= 15 is 0 Å². The number of carbonyl (C=O) groups excluding carboxylic acids is 1. The van der Waals surface area contributed by atoms with Gasteiger partial charge in [0, 0.05) is 7.11 Å². The number of rotatable bonds is 10. The zero-order chi connectivity index (χ0) is 17.3. The second kappa shape index (κ2) is 9.50. The van der Waals surface area contributed by atoms with Crippen molar-refractivity contribution in [3.63, 3.8) is 0 Å². The van der Waals surface area contributed by atoms with E-state index in [1.165, 1.54) is 7.11 Å². The highest BCUT2D eigenvalue weighted by molar-refractivity contribution is 5.84. The highest BCUT2D eigenvalue weighted by Gasteiger charge is 2.31. The largest absolute Gasteiger partial charge is 0.491 e. The Hall–Kier alpha value is -1.63. The third-order valence-electron chi connectivity index (χ3n) is 3.72. The summed E-state index contributed by atoms with van der Waals surface area (Å²) in [5.41, 5.74) is 4.58. The average molecular weight is 324 g/mol. The fourth-order valence-electron chi connectivity index (χ4n) is 1.95. The normalized spacial score (nSPS) is 14.1. The zero-order valence-electron chi connectivity index (χ0n) is 14.1. The Kier molecular flexibility index (Phi) is 8.02. The van der Waals surface area contributed by atoms with Crippen molar-refractivity contribution in [1.29, 1.82) is 0 Å². The van der Waals surface area contributed by atoms with Crippen LogP contribution in [0.3, 0.4) is 0 Å². The van der Waals surface area contributed by atoms with E-state index in [0.29, 0.717) is 25.1 Å². The number of aliphatic hydroxyl groups excluding tert-OH is 1. The Bertz CT molecular complexity index is 465. The molecular weight excluding hydrogens is 296 g/mol. The maximum atomic E-state index is 12.2. The van der Waals surface area contributed by atoms with Crippen LogP contribution in [0.15, 0.2) is 30.3 Å². The van der Waals surface area contributed by atoms with E-state index in [4.69, 9.17) is 15.2 Å². The number of hydrogen-bond acceptors (Lipinski definition) is 5. The van der Waals surface area contributed by atoms with Crippen molar-refractivity contribution >= 4 is 5.91 Å². The summed E-state index contributed by atoms with van der Waals surface area (Å²) < 4.78 is 10.7. The minimum Gasteiger partial charge on any atom is -0.491 e. The summed E-state index contributed by atoms with van der Waals surface area (Å²) in [6.45, 7) is 3.93. The highest BCUT2D eigenvalue weighted by Crippen LogP contribution is 2.13. The first-order valence-corrected chi connectivity index (χ1v) is 7.82. The van der Waals surface area contributed by atoms with Gasteiger partial charge in [-0.2, -0.15) is 0 Å². The first-order valence-electron chi connectivity index (χ1n) is 7.82. The van der Waals surface area contributed by atoms with Gasteiger partial charge in [-0.05, 0) is 45.4 Å². The molecule has 0 saturated carbocycles. The lowest BCUT2D eigenvalue weighted by Gasteiger charge is -2.29. The van der Waals surface area contributed by atoms with E-state index in [1.807, 2.05) is 30.3 Å². The molecule has 0 fully saturated rings. The average Bonchev–Trinajstić information content (AvgIpc) is 2.57. The lowest BCUT2D eigenvalue weighted by molar-refractivity contribution is -0.141. The summed E-state index contributed by atoms with van der Waals surface area (Å²) in [5.74, 6) is 0.397. The third kappa shape index (κ3) is 6.56. The number of aliphatic hydroxyl groups is 1. The molecule has 1 rings (SSSR count). The molecular formula is C17H28N2O4. The molecule has 1 aromatic rings. The number of nitrogens with one attached hydrogen (secondary N) is 1. The quantitative estimate of drug-likeness (QED) is 0.599. The molecule has 0 aliphatic carbocycles. The van der Waals surface area contributed by atoms with Crippen molar-refractivity contribution in [1.82, 2.24) is 5.32 Å². The van der Waals surface area contributed by atoms with Gasteiger partial charge in [-0.25, -0.2) is 0 Å². The Morgan fingerprint density at radius 3 is 2.57 bits per heavy atom. The number of ether oxygens (including phenoxy) is 2. The lowest BCUT2D eigenvalue weighted by atomic mass is 10.0. The highest BCUT2D eigenvalue weighted by atomic mass is 16.5. The summed E-state index contributed by atoms with van der Waals surface area (Å²) in [6.07, 6.45) is 0.431. The van der Waals surface area contributed by atoms with Gasteiger partial charge in [0.2, 0.25) is 0 Å². The van der Waals surface area contributed by atoms with Crippen molar-refractivity contribution in [2.24, 2.45) is 5.73 Å². The van der Waals surface area contributed by atoms with Gasteiger partial charge in [-0.15, -0.1) is 0 Å². The van der Waals surface area contributed by atoms with E-state index < -0.39 is 17.7 Å². The van der Waals surface area contributed by atoms with Gasteiger partial charge >= 0.3 is 0 Å². The number of nitrogens with two attached hydrogens (primary N) is 1. The van der Waals surface area contributed by atoms with Crippen molar-refractivity contribution in [2.45, 2.75) is 44.4 Å². The molecule has 6 nitrogen and oxygen atoms in total. The smallest absolute Gasteiger partial charge is 0.251 e. The number of benzene rings is 1. The fraction of sp³-hybridized carbons (Fsp3) is 0.588. The second-order valence-corrected chi connectivity index (χ2v) is 5.92. The summed E-state index contributed by atoms with van der Waals surface area (Å²) >= 11 is 0. The van der Waals surface area contributed by atoms with Crippen LogP contribution in [0.25, 0.3) is 0 Å². The van der Waals surface area contributed by atoms with Gasteiger partial charge < -0.3 is 25.6 Å². The predicted octanol–water partition coefficient (Wildman–Crippen LogP) is 1.08. The molecule has 0 radical (unpaired) electrons. The molecule has 130 valence electrons. The summed E-state index contributed by atoms with van der Waals surface area (Å²) in [5, 5.41) is 13.2. The van der Waals surface area contributed by atoms with Crippen LogP contribution in [-0.4, -0.2) is 49.0 Å². The van der Waals surface area contributed by atoms with E-state index in [2.05, 4.69) is 5.32 Å². The van der Waals surface area contributed by atoms with Crippen LogP contribution in [0.1, 0.15) is 26.7 Å². The van der Waals surface area contributed by atoms with Crippen molar-refractivity contribution in [2.75, 3.05) is 20.3 Å². The van der Waals surface area contributed by atoms with Gasteiger partial charge in [-0.1, -0.05) is 18.2 Å². The molecule has 0 spiro atoms. The molecule has 1 aromatic carbocycles. The van der Waals surface area contributed by atoms with Crippen molar-refractivity contribution < 1.29 is 19.4 Å². The van der Waals surface area contributed by atoms with Gasteiger partial charge in [0.25, 0.3) is 5.91 Å². The van der Waals surface area contributed by atoms with Gasteiger partial charge in [-0.3, -0.25) is 4.79 Å². The molecule has 0 heterocycles. The van der Waals surface area contributed by atoms with E-state index in [0.717, 1.165) is 0 Å². The van der Waals surface area contributed by atoms with Crippen LogP contribution in [0.4, 0.5) is 0 Å². The second-order valence-electron chi connectivity index (χ2n) is 5.92. The first-order chi connectivity index (χ1) is 10.9. The van der Waals surface area contributed by atoms with Crippen molar-refractivity contribution in [3.8, 4) is 5.75 Å². The standard InChI is InChI=1S/C17H28N2O4/c1-17(2,22-3)16(21)19-14(10-7-11-18)15(20)12-23-13-8-5-4-6-9-13/h4-6,8-9,14-15,20H,7,10-12,18H2,1-3H3,(H,19,21). The number of methoxy groups -OCH3 is 1. The van der Waals surface area contributed by atoms with Crippen LogP contribution in [-0.2, 0) is 9.53 Å². The summed E-state index contributed by atoms with van der Waals surface area (Å²) in [4.78, 5) is 12.2. The third-order valence-corrected chi connectivity index (χ3v) is 3.72. The molecule has 0 bridgehead atoms. The number of carbonyl (C=O) groups is 1. The Morgan fingerprint density at radius 2 is 2.00 bits per heavy atom. The molecule has 4 N–H and O–H groups in total. The van der Waals surface area contributed by atoms with Gasteiger partial charge in [0.1, 0.15) is 24.1 Å². The van der Waals surface area contributed by atoms with Gasteiger partial charge in [0.05, 0.1) is 6.04 Å². The SMILES string of the molecule is COC(C)(C)C(=O)NC(CCCN)C(O)COc1ccccc1. The molecule has 2 atom stereocenters. The van der Waals surface area contributed by atoms with Crippen LogP contribution < -0.4 is 15.8 Å². The first kappa shape index (κ1) is 19.4.